The van der Waals surface area contributed by atoms with Crippen LogP contribution in [0.5, 0.6) is 0 Å². The summed E-state index contributed by atoms with van der Waals surface area (Å²) < 4.78 is 0. The van der Waals surface area contributed by atoms with Crippen LogP contribution in [0.2, 0.25) is 0 Å². The van der Waals surface area contributed by atoms with Crippen LogP contribution in [-0.4, -0.2) is 0 Å². The maximum absolute atomic E-state index is 2.36. The van der Waals surface area contributed by atoms with Crippen molar-refractivity contribution in [2.24, 2.45) is 0 Å². The molecule has 0 saturated carbocycles. The molecule has 0 radical (unpaired) electrons. The van der Waals surface area contributed by atoms with Gasteiger partial charge in [-0.05, 0) is 156 Å². The highest BCUT2D eigenvalue weighted by molar-refractivity contribution is 5.91. The fourth-order valence-electron chi connectivity index (χ4n) is 8.03. The van der Waals surface area contributed by atoms with Crippen molar-refractivity contribution in [3.63, 3.8) is 0 Å². The molecule has 0 atom stereocenters. The molecule has 9 aromatic rings. The fraction of sp³-hybridized carbons (Fsp3) is 0.0164. The number of benzene rings is 9. The van der Waals surface area contributed by atoms with Gasteiger partial charge in [0.05, 0.1) is 0 Å². The molecule has 0 bridgehead atoms. The van der Waals surface area contributed by atoms with Crippen LogP contribution in [0.3, 0.4) is 0 Å². The second-order valence-corrected chi connectivity index (χ2v) is 15.3. The summed E-state index contributed by atoms with van der Waals surface area (Å²) in [6.45, 7) is 2.11. The third-order valence-corrected chi connectivity index (χ3v) is 11.2. The molecule has 9 rings (SSSR count). The number of hydrogen-bond donors (Lipinski definition) is 0. The molecule has 0 amide bonds. The van der Waals surface area contributed by atoms with Crippen molar-refractivity contribution in [3.8, 4) is 66.8 Å². The zero-order chi connectivity index (χ0) is 41.2. The van der Waals surface area contributed by atoms with Crippen molar-refractivity contribution >= 4 is 17.2 Å². The van der Waals surface area contributed by atoms with E-state index in [0.29, 0.717) is 0 Å². The van der Waals surface area contributed by atoms with Crippen molar-refractivity contribution in [1.29, 1.82) is 0 Å². The first kappa shape index (κ1) is 38.7. The highest BCUT2D eigenvalue weighted by atomic mass is 14.2. The SMILES string of the molecule is C\C=C(/C=C(\C=C\c1cc(-c2cccc(-c3cccc(-c4ccccc4)c3)c2)cc(-c2cc(-c3ccccc3)cc(-c3ccccc3)c2)c1)c1ccccc1)c1ccccc1. The molecule has 0 fully saturated rings. The van der Waals surface area contributed by atoms with Gasteiger partial charge in [0.2, 0.25) is 0 Å². The van der Waals surface area contributed by atoms with Crippen molar-refractivity contribution in [3.05, 3.63) is 272 Å². The molecule has 0 aromatic heterocycles. The van der Waals surface area contributed by atoms with E-state index in [2.05, 4.69) is 268 Å². The van der Waals surface area contributed by atoms with Crippen LogP contribution in [0, 0.1) is 0 Å². The van der Waals surface area contributed by atoms with Crippen LogP contribution in [0.1, 0.15) is 23.6 Å². The van der Waals surface area contributed by atoms with Crippen molar-refractivity contribution < 1.29 is 0 Å². The highest BCUT2D eigenvalue weighted by Crippen LogP contribution is 2.37. The Bertz CT molecular complexity index is 2910. The summed E-state index contributed by atoms with van der Waals surface area (Å²) in [6, 6.07) is 85.2. The van der Waals surface area contributed by atoms with Gasteiger partial charge in [0, 0.05) is 0 Å². The second-order valence-electron chi connectivity index (χ2n) is 15.3. The molecule has 0 aliphatic heterocycles. The largest absolute Gasteiger partial charge is 0.0798 e. The fourth-order valence-corrected chi connectivity index (χ4v) is 8.03. The molecule has 0 heteroatoms. The van der Waals surface area contributed by atoms with E-state index in [9.17, 15) is 0 Å². The van der Waals surface area contributed by atoms with Gasteiger partial charge in [-0.1, -0.05) is 206 Å². The summed E-state index contributed by atoms with van der Waals surface area (Å²) in [5, 5.41) is 0. The summed E-state index contributed by atoms with van der Waals surface area (Å²) in [5.41, 5.74) is 20.0. The van der Waals surface area contributed by atoms with E-state index in [1.54, 1.807) is 0 Å². The minimum absolute atomic E-state index is 1.12. The quantitative estimate of drug-likeness (QED) is 0.115. The molecule has 0 saturated heterocycles. The molecule has 0 heterocycles. The van der Waals surface area contributed by atoms with Crippen molar-refractivity contribution in [2.45, 2.75) is 6.92 Å². The number of rotatable bonds is 11. The Balaban J connectivity index is 1.20. The van der Waals surface area contributed by atoms with Gasteiger partial charge in [-0.3, -0.25) is 0 Å². The van der Waals surface area contributed by atoms with Gasteiger partial charge in [0.15, 0.2) is 0 Å². The normalized spacial score (nSPS) is 11.8. The van der Waals surface area contributed by atoms with E-state index in [4.69, 9.17) is 0 Å². The summed E-state index contributed by atoms with van der Waals surface area (Å²) in [6.07, 6.45) is 9.04. The zero-order valence-electron chi connectivity index (χ0n) is 34.3. The standard InChI is InChI=1S/C61H46/c1-2-46(47-20-8-3-9-21-47)38-56(49-24-12-5-13-25-49)35-34-45-36-57(55-33-19-32-54(40-55)53-31-18-30-52(39-53)48-22-10-4-11-23-48)41-58(37-45)61-43-59(50-26-14-6-15-27-50)42-60(44-61)51-28-16-7-17-29-51/h2-44H,1H3/b35-34+,46-2+,56-38+. The zero-order valence-corrected chi connectivity index (χ0v) is 34.3. The second kappa shape index (κ2) is 18.4. The van der Waals surface area contributed by atoms with Crippen LogP contribution in [0.25, 0.3) is 84.0 Å². The first-order valence-electron chi connectivity index (χ1n) is 21.0. The minimum Gasteiger partial charge on any atom is -0.0798 e. The van der Waals surface area contributed by atoms with Gasteiger partial charge < -0.3 is 0 Å². The molecule has 61 heavy (non-hydrogen) atoms. The molecule has 9 aromatic carbocycles. The number of hydrogen-bond acceptors (Lipinski definition) is 0. The summed E-state index contributed by atoms with van der Waals surface area (Å²) in [4.78, 5) is 0. The van der Waals surface area contributed by atoms with Crippen LogP contribution in [0.4, 0.5) is 0 Å². The lowest BCUT2D eigenvalue weighted by Gasteiger charge is -2.14. The summed E-state index contributed by atoms with van der Waals surface area (Å²) in [5.74, 6) is 0. The molecule has 0 aliphatic carbocycles. The van der Waals surface area contributed by atoms with E-state index < -0.39 is 0 Å². The van der Waals surface area contributed by atoms with Gasteiger partial charge in [0.1, 0.15) is 0 Å². The maximum atomic E-state index is 2.36. The maximum Gasteiger partial charge on any atom is -0.0171 e. The monoisotopic (exact) mass is 778 g/mol. The van der Waals surface area contributed by atoms with E-state index in [0.717, 1.165) is 22.3 Å². The Morgan fingerprint density at radius 1 is 0.279 bits per heavy atom. The number of allylic oxidation sites excluding steroid dienone is 5. The van der Waals surface area contributed by atoms with Crippen LogP contribution in [0.15, 0.2) is 255 Å². The van der Waals surface area contributed by atoms with Crippen LogP contribution in [-0.2, 0) is 0 Å². The predicted molar refractivity (Wildman–Crippen MR) is 263 cm³/mol. The molecule has 0 unspecified atom stereocenters. The van der Waals surface area contributed by atoms with Crippen molar-refractivity contribution in [2.75, 3.05) is 0 Å². The van der Waals surface area contributed by atoms with Crippen molar-refractivity contribution in [1.82, 2.24) is 0 Å². The first-order chi connectivity index (χ1) is 30.2. The Kier molecular flexibility index (Phi) is 11.7. The Hall–Kier alpha value is -7.80. The average molecular weight is 779 g/mol. The molecule has 0 spiro atoms. The van der Waals surface area contributed by atoms with Crippen LogP contribution >= 0.6 is 0 Å². The Morgan fingerprint density at radius 3 is 1.02 bits per heavy atom. The molecule has 0 nitrogen and oxygen atoms in total. The van der Waals surface area contributed by atoms with Gasteiger partial charge in [-0.15, -0.1) is 0 Å². The Morgan fingerprint density at radius 2 is 0.574 bits per heavy atom. The molecular formula is C61H46. The molecule has 0 aliphatic rings. The third-order valence-electron chi connectivity index (χ3n) is 11.2. The van der Waals surface area contributed by atoms with Gasteiger partial charge in [-0.25, -0.2) is 0 Å². The molecule has 290 valence electrons. The smallest absolute Gasteiger partial charge is 0.0171 e. The minimum atomic E-state index is 1.12. The first-order valence-corrected chi connectivity index (χ1v) is 21.0. The third kappa shape index (κ3) is 9.26. The topological polar surface area (TPSA) is 0 Å². The van der Waals surface area contributed by atoms with E-state index in [-0.39, 0.29) is 0 Å². The van der Waals surface area contributed by atoms with E-state index in [1.807, 2.05) is 0 Å². The average Bonchev–Trinajstić information content (AvgIpc) is 3.35. The van der Waals surface area contributed by atoms with E-state index >= 15 is 0 Å². The lowest BCUT2D eigenvalue weighted by Crippen LogP contribution is -1.89. The van der Waals surface area contributed by atoms with E-state index in [1.165, 1.54) is 72.3 Å². The van der Waals surface area contributed by atoms with Crippen LogP contribution < -0.4 is 0 Å². The Labute approximate surface area is 360 Å². The lowest BCUT2D eigenvalue weighted by molar-refractivity contribution is 1.54. The van der Waals surface area contributed by atoms with Gasteiger partial charge >= 0.3 is 0 Å². The van der Waals surface area contributed by atoms with Gasteiger partial charge in [-0.2, -0.15) is 0 Å². The predicted octanol–water partition coefficient (Wildman–Crippen LogP) is 16.9. The molecule has 0 N–H and O–H groups in total. The molecular weight excluding hydrogens is 733 g/mol. The summed E-state index contributed by atoms with van der Waals surface area (Å²) >= 11 is 0. The van der Waals surface area contributed by atoms with Gasteiger partial charge in [0.25, 0.3) is 0 Å². The highest BCUT2D eigenvalue weighted by Gasteiger charge is 2.12. The summed E-state index contributed by atoms with van der Waals surface area (Å²) in [7, 11) is 0. The lowest BCUT2D eigenvalue weighted by atomic mass is 9.90.